The summed E-state index contributed by atoms with van der Waals surface area (Å²) in [6.45, 7) is 8.24. The summed E-state index contributed by atoms with van der Waals surface area (Å²) in [7, 11) is 1.43. The Morgan fingerprint density at radius 2 is 1.75 bits per heavy atom. The molecule has 116 valence electrons. The van der Waals surface area contributed by atoms with E-state index in [-0.39, 0.29) is 11.9 Å². The van der Waals surface area contributed by atoms with Crippen LogP contribution in [0, 0.1) is 5.92 Å². The number of likely N-dealkylation sites (tertiary alicyclic amines) is 1. The van der Waals surface area contributed by atoms with Gasteiger partial charge in [0.25, 0.3) is 0 Å². The molecular weight excluding hydrogens is 258 g/mol. The second-order valence-corrected chi connectivity index (χ2v) is 6.40. The van der Waals surface area contributed by atoms with Crippen LogP contribution in [0.3, 0.4) is 0 Å². The molecule has 0 spiro atoms. The number of piperidine rings is 1. The smallest absolute Gasteiger partial charge is 0.307 e. The molecule has 1 rings (SSSR count). The quantitative estimate of drug-likeness (QED) is 0.723. The highest BCUT2D eigenvalue weighted by molar-refractivity contribution is 5.70. The van der Waals surface area contributed by atoms with Gasteiger partial charge in [-0.05, 0) is 52.6 Å². The molecule has 20 heavy (non-hydrogen) atoms. The predicted octanol–water partition coefficient (Wildman–Crippen LogP) is 1.99. The molecule has 5 nitrogen and oxygen atoms in total. The van der Waals surface area contributed by atoms with Crippen LogP contribution in [0.25, 0.3) is 0 Å². The molecule has 1 saturated heterocycles. The van der Waals surface area contributed by atoms with Gasteiger partial charge in [0.2, 0.25) is 0 Å². The van der Waals surface area contributed by atoms with Crippen molar-refractivity contribution < 1.29 is 19.1 Å². The van der Waals surface area contributed by atoms with Gasteiger partial charge in [-0.15, -0.1) is 0 Å². The summed E-state index contributed by atoms with van der Waals surface area (Å²) >= 11 is 0. The van der Waals surface area contributed by atoms with Gasteiger partial charge in [-0.1, -0.05) is 0 Å². The third-order valence-electron chi connectivity index (χ3n) is 3.44. The number of esters is 2. The monoisotopic (exact) mass is 285 g/mol. The van der Waals surface area contributed by atoms with Crippen molar-refractivity contribution >= 4 is 11.9 Å². The topological polar surface area (TPSA) is 55.8 Å². The number of carbonyl (C=O) groups excluding carboxylic acids is 2. The van der Waals surface area contributed by atoms with Crippen molar-refractivity contribution in [1.29, 1.82) is 0 Å². The number of hydrogen-bond acceptors (Lipinski definition) is 5. The lowest BCUT2D eigenvalue weighted by atomic mass is 9.93. The van der Waals surface area contributed by atoms with Crippen molar-refractivity contribution in [3.8, 4) is 0 Å². The zero-order valence-corrected chi connectivity index (χ0v) is 13.1. The molecule has 1 heterocycles. The minimum absolute atomic E-state index is 0.128. The first-order valence-electron chi connectivity index (χ1n) is 7.31. The Hall–Kier alpha value is -1.10. The zero-order chi connectivity index (χ0) is 15.2. The first-order chi connectivity index (χ1) is 9.30. The van der Waals surface area contributed by atoms with Gasteiger partial charge in [0.15, 0.2) is 0 Å². The van der Waals surface area contributed by atoms with Crippen LogP contribution in [0.2, 0.25) is 0 Å². The second kappa shape index (κ2) is 7.62. The Morgan fingerprint density at radius 3 is 2.25 bits per heavy atom. The number of ether oxygens (including phenoxy) is 2. The predicted molar refractivity (Wildman–Crippen MR) is 76.3 cm³/mol. The van der Waals surface area contributed by atoms with E-state index in [0.29, 0.717) is 18.8 Å². The van der Waals surface area contributed by atoms with Crippen molar-refractivity contribution in [3.05, 3.63) is 0 Å². The van der Waals surface area contributed by atoms with Crippen LogP contribution in [-0.2, 0) is 19.1 Å². The summed E-state index contributed by atoms with van der Waals surface area (Å²) in [6.07, 6.45) is 2.92. The fourth-order valence-corrected chi connectivity index (χ4v) is 2.38. The van der Waals surface area contributed by atoms with Crippen molar-refractivity contribution in [2.24, 2.45) is 5.92 Å². The van der Waals surface area contributed by atoms with E-state index in [9.17, 15) is 9.59 Å². The maximum absolute atomic E-state index is 11.6. The normalized spacial score (nSPS) is 17.8. The summed E-state index contributed by atoms with van der Waals surface area (Å²) in [5, 5.41) is 0. The molecule has 0 unspecified atom stereocenters. The summed E-state index contributed by atoms with van der Waals surface area (Å²) in [5.74, 6) is 0.145. The highest BCUT2D eigenvalue weighted by Gasteiger charge is 2.23. The Morgan fingerprint density at radius 1 is 1.15 bits per heavy atom. The molecule has 5 heteroatoms. The van der Waals surface area contributed by atoms with Crippen molar-refractivity contribution in [2.75, 3.05) is 26.7 Å². The fraction of sp³-hybridized carbons (Fsp3) is 0.867. The van der Waals surface area contributed by atoms with Crippen LogP contribution >= 0.6 is 0 Å². The number of hydrogen-bond donors (Lipinski definition) is 0. The first kappa shape index (κ1) is 17.0. The van der Waals surface area contributed by atoms with Crippen molar-refractivity contribution in [1.82, 2.24) is 4.90 Å². The summed E-state index contributed by atoms with van der Waals surface area (Å²) in [5.41, 5.74) is -0.412. The number of rotatable bonds is 5. The highest BCUT2D eigenvalue weighted by Crippen LogP contribution is 2.21. The van der Waals surface area contributed by atoms with Crippen LogP contribution in [0.4, 0.5) is 0 Å². The average molecular weight is 285 g/mol. The molecule has 0 aromatic heterocycles. The third kappa shape index (κ3) is 6.89. The molecule has 0 radical (unpaired) electrons. The molecule has 1 fully saturated rings. The van der Waals surface area contributed by atoms with Gasteiger partial charge in [0.1, 0.15) is 5.60 Å². The average Bonchev–Trinajstić information content (AvgIpc) is 2.36. The Kier molecular flexibility index (Phi) is 6.46. The maximum atomic E-state index is 11.6. The van der Waals surface area contributed by atoms with Crippen LogP contribution in [0.15, 0.2) is 0 Å². The van der Waals surface area contributed by atoms with Crippen LogP contribution in [-0.4, -0.2) is 49.2 Å². The first-order valence-corrected chi connectivity index (χ1v) is 7.31. The minimum Gasteiger partial charge on any atom is -0.469 e. The van der Waals surface area contributed by atoms with Gasteiger partial charge in [-0.3, -0.25) is 9.59 Å². The Labute approximate surface area is 121 Å². The molecule has 0 amide bonds. The lowest BCUT2D eigenvalue weighted by Gasteiger charge is -2.31. The largest absolute Gasteiger partial charge is 0.469 e. The molecule has 0 bridgehead atoms. The molecule has 1 aliphatic heterocycles. The SMILES string of the molecule is COC(=O)CC1CCN(CCC(=O)OC(C)(C)C)CC1. The molecule has 0 aromatic rings. The van der Waals surface area contributed by atoms with E-state index < -0.39 is 5.60 Å². The molecule has 1 aliphatic rings. The molecule has 0 aliphatic carbocycles. The van der Waals surface area contributed by atoms with Gasteiger partial charge in [-0.25, -0.2) is 0 Å². The molecular formula is C15H27NO4. The summed E-state index contributed by atoms with van der Waals surface area (Å²) in [6, 6.07) is 0. The number of carbonyl (C=O) groups is 2. The maximum Gasteiger partial charge on any atom is 0.307 e. The second-order valence-electron chi connectivity index (χ2n) is 6.40. The van der Waals surface area contributed by atoms with Gasteiger partial charge in [0.05, 0.1) is 13.5 Å². The molecule has 0 N–H and O–H groups in total. The van der Waals surface area contributed by atoms with Gasteiger partial charge >= 0.3 is 11.9 Å². The molecule has 0 saturated carbocycles. The van der Waals surface area contributed by atoms with E-state index in [1.807, 2.05) is 20.8 Å². The number of methoxy groups -OCH3 is 1. The molecule has 0 aromatic carbocycles. The lowest BCUT2D eigenvalue weighted by Crippen LogP contribution is -2.36. The fourth-order valence-electron chi connectivity index (χ4n) is 2.38. The third-order valence-corrected chi connectivity index (χ3v) is 3.44. The van der Waals surface area contributed by atoms with E-state index in [4.69, 9.17) is 9.47 Å². The van der Waals surface area contributed by atoms with Crippen molar-refractivity contribution in [3.63, 3.8) is 0 Å². The van der Waals surface area contributed by atoms with E-state index in [2.05, 4.69) is 4.90 Å². The van der Waals surface area contributed by atoms with Crippen molar-refractivity contribution in [2.45, 2.75) is 52.1 Å². The zero-order valence-electron chi connectivity index (χ0n) is 13.1. The van der Waals surface area contributed by atoms with Crippen LogP contribution in [0.1, 0.15) is 46.5 Å². The lowest BCUT2D eigenvalue weighted by molar-refractivity contribution is -0.155. The van der Waals surface area contributed by atoms with E-state index in [1.165, 1.54) is 7.11 Å². The van der Waals surface area contributed by atoms with E-state index in [0.717, 1.165) is 32.5 Å². The Bertz CT molecular complexity index is 327. The van der Waals surface area contributed by atoms with Crippen LogP contribution in [0.5, 0.6) is 0 Å². The summed E-state index contributed by atoms with van der Waals surface area (Å²) in [4.78, 5) is 25.1. The minimum atomic E-state index is -0.412. The van der Waals surface area contributed by atoms with E-state index >= 15 is 0 Å². The van der Waals surface area contributed by atoms with Gasteiger partial charge in [-0.2, -0.15) is 0 Å². The summed E-state index contributed by atoms with van der Waals surface area (Å²) < 4.78 is 9.98. The Balaban J connectivity index is 2.19. The highest BCUT2D eigenvalue weighted by atomic mass is 16.6. The number of nitrogens with zero attached hydrogens (tertiary/aromatic N) is 1. The molecule has 0 atom stereocenters. The van der Waals surface area contributed by atoms with Gasteiger partial charge in [0, 0.05) is 13.0 Å². The standard InChI is InChI=1S/C15H27NO4/c1-15(2,3)20-13(17)7-10-16-8-5-12(6-9-16)11-14(18)19-4/h12H,5-11H2,1-4H3. The van der Waals surface area contributed by atoms with Crippen LogP contribution < -0.4 is 0 Å². The van der Waals surface area contributed by atoms with E-state index in [1.54, 1.807) is 0 Å². The van der Waals surface area contributed by atoms with Gasteiger partial charge < -0.3 is 14.4 Å².